The van der Waals surface area contributed by atoms with E-state index in [9.17, 15) is 9.90 Å². The first-order valence-electron chi connectivity index (χ1n) is 10.1. The molecule has 0 aromatic heterocycles. The van der Waals surface area contributed by atoms with Gasteiger partial charge >= 0.3 is 5.97 Å². The van der Waals surface area contributed by atoms with Crippen molar-refractivity contribution in [3.05, 3.63) is 71.1 Å². The minimum atomic E-state index is -0.667. The second kappa shape index (κ2) is 8.76. The SMILES string of the molecule is O=C(O)C1CCCN(CCC=C2CC=CC3=COCO[C@@H]4C=CC=CC4=C32)C1. The predicted molar refractivity (Wildman–Crippen MR) is 107 cm³/mol. The molecule has 0 aromatic carbocycles. The highest BCUT2D eigenvalue weighted by molar-refractivity contribution is 5.70. The van der Waals surface area contributed by atoms with Crippen molar-refractivity contribution in [2.24, 2.45) is 5.92 Å². The van der Waals surface area contributed by atoms with Crippen LogP contribution in [0, 0.1) is 5.92 Å². The third kappa shape index (κ3) is 4.21. The molecule has 2 aliphatic carbocycles. The Morgan fingerprint density at radius 3 is 3.14 bits per heavy atom. The molecule has 1 saturated heterocycles. The second-order valence-corrected chi connectivity index (χ2v) is 7.62. The molecule has 4 aliphatic rings. The number of carboxylic acid groups (broad SMARTS) is 1. The summed E-state index contributed by atoms with van der Waals surface area (Å²) in [5, 5.41) is 9.28. The van der Waals surface area contributed by atoms with Crippen molar-refractivity contribution in [2.45, 2.75) is 31.8 Å². The third-order valence-corrected chi connectivity index (χ3v) is 5.73. The summed E-state index contributed by atoms with van der Waals surface area (Å²) in [7, 11) is 0. The molecular formula is C23H27NO4. The summed E-state index contributed by atoms with van der Waals surface area (Å²) in [5.41, 5.74) is 4.76. The molecule has 1 unspecified atom stereocenters. The van der Waals surface area contributed by atoms with Gasteiger partial charge in [-0.25, -0.2) is 0 Å². The van der Waals surface area contributed by atoms with Gasteiger partial charge in [-0.3, -0.25) is 4.79 Å². The van der Waals surface area contributed by atoms with Crippen molar-refractivity contribution in [1.82, 2.24) is 4.90 Å². The minimum Gasteiger partial charge on any atom is -0.481 e. The fourth-order valence-electron chi connectivity index (χ4n) is 4.33. The first-order valence-corrected chi connectivity index (χ1v) is 10.1. The van der Waals surface area contributed by atoms with Crippen LogP contribution in [-0.4, -0.2) is 48.5 Å². The van der Waals surface area contributed by atoms with Crippen LogP contribution in [0.4, 0.5) is 0 Å². The Hall–Kier alpha value is -2.37. The summed E-state index contributed by atoms with van der Waals surface area (Å²) in [6.45, 7) is 2.79. The number of carboxylic acids is 1. The van der Waals surface area contributed by atoms with E-state index >= 15 is 0 Å². The number of hydrogen-bond acceptors (Lipinski definition) is 4. The highest BCUT2D eigenvalue weighted by Crippen LogP contribution is 2.36. The van der Waals surface area contributed by atoms with E-state index in [0.717, 1.165) is 44.3 Å². The van der Waals surface area contributed by atoms with E-state index in [4.69, 9.17) is 9.47 Å². The average molecular weight is 381 g/mol. The highest BCUT2D eigenvalue weighted by Gasteiger charge is 2.26. The van der Waals surface area contributed by atoms with Crippen LogP contribution >= 0.6 is 0 Å². The van der Waals surface area contributed by atoms with Crippen LogP contribution in [0.3, 0.4) is 0 Å². The minimum absolute atomic E-state index is 0.0861. The molecule has 1 fully saturated rings. The lowest BCUT2D eigenvalue weighted by atomic mass is 9.83. The van der Waals surface area contributed by atoms with E-state index in [1.807, 2.05) is 6.08 Å². The maximum Gasteiger partial charge on any atom is 0.307 e. The van der Waals surface area contributed by atoms with Gasteiger partial charge in [0, 0.05) is 18.7 Å². The number of hydrogen-bond donors (Lipinski definition) is 1. The molecule has 1 N–H and O–H groups in total. The molecule has 5 heteroatoms. The average Bonchev–Trinajstić information content (AvgIpc) is 2.70. The van der Waals surface area contributed by atoms with Gasteiger partial charge in [0.2, 0.25) is 0 Å². The molecule has 2 heterocycles. The van der Waals surface area contributed by atoms with Gasteiger partial charge in [0.05, 0.1) is 12.2 Å². The highest BCUT2D eigenvalue weighted by atomic mass is 16.7. The Kier molecular flexibility index (Phi) is 5.93. The lowest BCUT2D eigenvalue weighted by Crippen LogP contribution is -2.39. The van der Waals surface area contributed by atoms with E-state index in [1.54, 1.807) is 6.26 Å². The molecule has 0 saturated carbocycles. The van der Waals surface area contributed by atoms with Crippen LogP contribution in [0.5, 0.6) is 0 Å². The van der Waals surface area contributed by atoms with E-state index < -0.39 is 5.97 Å². The summed E-state index contributed by atoms with van der Waals surface area (Å²) < 4.78 is 11.4. The summed E-state index contributed by atoms with van der Waals surface area (Å²) in [5.74, 6) is -0.891. The van der Waals surface area contributed by atoms with Crippen LogP contribution in [0.15, 0.2) is 71.1 Å². The molecule has 2 atom stereocenters. The lowest BCUT2D eigenvalue weighted by Gasteiger charge is -2.30. The van der Waals surface area contributed by atoms with Crippen molar-refractivity contribution in [3.8, 4) is 0 Å². The normalized spacial score (nSPS) is 28.9. The van der Waals surface area contributed by atoms with Crippen LogP contribution in [0.1, 0.15) is 25.7 Å². The zero-order valence-corrected chi connectivity index (χ0v) is 16.0. The van der Waals surface area contributed by atoms with Crippen LogP contribution in [0.2, 0.25) is 0 Å². The molecular weight excluding hydrogens is 354 g/mol. The molecule has 0 radical (unpaired) electrons. The molecule has 5 nitrogen and oxygen atoms in total. The number of likely N-dealkylation sites (tertiary alicyclic amines) is 1. The number of allylic oxidation sites excluding steroid dienone is 7. The van der Waals surface area contributed by atoms with E-state index in [-0.39, 0.29) is 18.8 Å². The Morgan fingerprint density at radius 2 is 2.25 bits per heavy atom. The van der Waals surface area contributed by atoms with Gasteiger partial charge in [-0.05, 0) is 48.9 Å². The number of carbonyl (C=O) groups is 1. The topological polar surface area (TPSA) is 59.0 Å². The molecule has 0 amide bonds. The molecule has 148 valence electrons. The summed E-state index contributed by atoms with van der Waals surface area (Å²) in [4.78, 5) is 13.6. The maximum atomic E-state index is 11.3. The second-order valence-electron chi connectivity index (χ2n) is 7.62. The van der Waals surface area contributed by atoms with E-state index in [2.05, 4.69) is 41.4 Å². The number of ether oxygens (including phenoxy) is 2. The molecule has 4 rings (SSSR count). The Morgan fingerprint density at radius 1 is 1.32 bits per heavy atom. The number of piperidine rings is 1. The fourth-order valence-corrected chi connectivity index (χ4v) is 4.33. The number of nitrogens with zero attached hydrogens (tertiary/aromatic N) is 1. The molecule has 28 heavy (non-hydrogen) atoms. The quantitative estimate of drug-likeness (QED) is 0.804. The van der Waals surface area contributed by atoms with Crippen molar-refractivity contribution in [2.75, 3.05) is 26.4 Å². The van der Waals surface area contributed by atoms with Crippen molar-refractivity contribution < 1.29 is 19.4 Å². The monoisotopic (exact) mass is 381 g/mol. The maximum absolute atomic E-state index is 11.3. The van der Waals surface area contributed by atoms with Crippen LogP contribution in [-0.2, 0) is 14.3 Å². The van der Waals surface area contributed by atoms with Gasteiger partial charge in [-0.15, -0.1) is 0 Å². The zero-order chi connectivity index (χ0) is 19.3. The van der Waals surface area contributed by atoms with E-state index in [1.165, 1.54) is 16.7 Å². The largest absolute Gasteiger partial charge is 0.481 e. The molecule has 0 bridgehead atoms. The third-order valence-electron chi connectivity index (χ3n) is 5.73. The fraction of sp³-hybridized carbons (Fsp3) is 0.435. The van der Waals surface area contributed by atoms with Crippen molar-refractivity contribution in [1.29, 1.82) is 0 Å². The van der Waals surface area contributed by atoms with Crippen molar-refractivity contribution in [3.63, 3.8) is 0 Å². The van der Waals surface area contributed by atoms with Crippen molar-refractivity contribution >= 4 is 5.97 Å². The molecule has 0 aromatic rings. The van der Waals surface area contributed by atoms with Crippen LogP contribution in [0.25, 0.3) is 0 Å². The zero-order valence-electron chi connectivity index (χ0n) is 16.0. The predicted octanol–water partition coefficient (Wildman–Crippen LogP) is 3.74. The lowest BCUT2D eigenvalue weighted by molar-refractivity contribution is -0.143. The summed E-state index contributed by atoms with van der Waals surface area (Å²) in [6, 6.07) is 0. The number of fused-ring (bicyclic) bond motifs is 2. The summed E-state index contributed by atoms with van der Waals surface area (Å²) >= 11 is 0. The summed E-state index contributed by atoms with van der Waals surface area (Å²) in [6.07, 6.45) is 20.1. The number of rotatable bonds is 4. The van der Waals surface area contributed by atoms with Gasteiger partial charge < -0.3 is 19.5 Å². The standard InChI is InChI=1S/C23H27NO4/c25-23(26)18-9-5-13-24(14-18)12-4-8-17-6-3-7-19-15-27-16-28-21-11-2-1-10-20(21)22(17)19/h1-3,7-8,10-11,15,18,21H,4-6,9,12-14,16H2,(H,25,26)/t18?,21-/m1/s1. The molecule has 2 aliphatic heterocycles. The number of aliphatic carboxylic acids is 1. The van der Waals surface area contributed by atoms with Gasteiger partial charge in [-0.1, -0.05) is 42.5 Å². The molecule has 0 spiro atoms. The van der Waals surface area contributed by atoms with Crippen LogP contribution < -0.4 is 0 Å². The van der Waals surface area contributed by atoms with Gasteiger partial charge in [0.15, 0.2) is 6.79 Å². The first-order chi connectivity index (χ1) is 13.7. The Labute approximate surface area is 166 Å². The Balaban J connectivity index is 1.52. The smallest absolute Gasteiger partial charge is 0.307 e. The van der Waals surface area contributed by atoms with Gasteiger partial charge in [0.1, 0.15) is 6.10 Å². The Bertz CT molecular complexity index is 799. The first kappa shape index (κ1) is 19.0. The van der Waals surface area contributed by atoms with Gasteiger partial charge in [0.25, 0.3) is 0 Å². The van der Waals surface area contributed by atoms with E-state index in [0.29, 0.717) is 6.54 Å². The van der Waals surface area contributed by atoms with Gasteiger partial charge in [-0.2, -0.15) is 0 Å².